The zero-order valence-corrected chi connectivity index (χ0v) is 20.4. The third kappa shape index (κ3) is 6.67. The van der Waals surface area contributed by atoms with Crippen molar-refractivity contribution in [1.82, 2.24) is 14.4 Å². The highest BCUT2D eigenvalue weighted by atomic mass is 19.1. The van der Waals surface area contributed by atoms with Crippen LogP contribution in [-0.4, -0.2) is 47.2 Å². The highest BCUT2D eigenvalue weighted by molar-refractivity contribution is 6.00. The van der Waals surface area contributed by atoms with Gasteiger partial charge in [-0.15, -0.1) is 6.58 Å². The molecular formula is C26H36FN3O2. The Bertz CT molecular complexity index is 956. The van der Waals surface area contributed by atoms with Crippen LogP contribution < -0.4 is 0 Å². The van der Waals surface area contributed by atoms with Crippen molar-refractivity contribution in [1.29, 1.82) is 0 Å². The van der Waals surface area contributed by atoms with Gasteiger partial charge >= 0.3 is 0 Å². The Hall–Kier alpha value is -3.15. The van der Waals surface area contributed by atoms with Gasteiger partial charge in [-0.1, -0.05) is 24.3 Å². The number of hydrogen-bond donors (Lipinski definition) is 0. The summed E-state index contributed by atoms with van der Waals surface area (Å²) < 4.78 is 14.8. The number of nitrogens with zero attached hydrogens (tertiary/aromatic N) is 3. The van der Waals surface area contributed by atoms with E-state index in [9.17, 15) is 14.0 Å². The number of aldehydes is 1. The normalized spacial score (nSPS) is 12.7. The highest BCUT2D eigenvalue weighted by Gasteiger charge is 2.30. The van der Waals surface area contributed by atoms with Crippen molar-refractivity contribution in [3.63, 3.8) is 0 Å². The number of allylic oxidation sites excluding steroid dienone is 3. The van der Waals surface area contributed by atoms with Gasteiger partial charge in [0.25, 0.3) is 5.91 Å². The van der Waals surface area contributed by atoms with Crippen LogP contribution in [0.1, 0.15) is 58.4 Å². The molecule has 1 aliphatic heterocycles. The molecule has 0 atom stereocenters. The van der Waals surface area contributed by atoms with E-state index in [0.717, 1.165) is 23.1 Å². The summed E-state index contributed by atoms with van der Waals surface area (Å²) in [5, 5.41) is 0. The van der Waals surface area contributed by atoms with E-state index < -0.39 is 0 Å². The Morgan fingerprint density at radius 1 is 1.22 bits per heavy atom. The molecule has 0 unspecified atom stereocenters. The number of benzene rings is 1. The van der Waals surface area contributed by atoms with Gasteiger partial charge in [0.05, 0.1) is 11.3 Å². The summed E-state index contributed by atoms with van der Waals surface area (Å²) in [5.74, 6) is -0.350. The van der Waals surface area contributed by atoms with Crippen LogP contribution in [0.5, 0.6) is 0 Å². The first kappa shape index (κ1) is 26.9. The molecule has 1 amide bonds. The number of halogens is 1. The molecule has 174 valence electrons. The minimum Gasteiger partial charge on any atom is -0.381 e. The monoisotopic (exact) mass is 441 g/mol. The van der Waals surface area contributed by atoms with Crippen molar-refractivity contribution in [2.45, 2.75) is 40.7 Å². The number of fused-ring (bicyclic) bond motifs is 1. The fraction of sp³-hybridized carbons (Fsp3) is 0.385. The number of rotatable bonds is 4. The zero-order chi connectivity index (χ0) is 24.4. The van der Waals surface area contributed by atoms with Gasteiger partial charge in [0.2, 0.25) is 0 Å². The fourth-order valence-electron chi connectivity index (χ4n) is 3.37. The fourth-order valence-corrected chi connectivity index (χ4v) is 3.37. The molecule has 0 aliphatic carbocycles. The van der Waals surface area contributed by atoms with E-state index in [1.165, 1.54) is 17.8 Å². The molecule has 6 heteroatoms. The smallest absolute Gasteiger partial charge is 0.256 e. The summed E-state index contributed by atoms with van der Waals surface area (Å²) in [6, 6.07) is 6.17. The maximum atomic E-state index is 13.0. The van der Waals surface area contributed by atoms with Crippen LogP contribution in [0.2, 0.25) is 0 Å². The molecule has 0 bridgehead atoms. The molecule has 2 aromatic rings. The maximum Gasteiger partial charge on any atom is 0.256 e. The van der Waals surface area contributed by atoms with E-state index in [4.69, 9.17) is 0 Å². The van der Waals surface area contributed by atoms with E-state index >= 15 is 0 Å². The summed E-state index contributed by atoms with van der Waals surface area (Å²) in [5.41, 5.74) is 5.05. The van der Waals surface area contributed by atoms with Crippen LogP contribution in [0.15, 0.2) is 48.7 Å². The number of aromatic nitrogens is 1. The van der Waals surface area contributed by atoms with Crippen LogP contribution in [0.25, 0.3) is 0 Å². The van der Waals surface area contributed by atoms with E-state index in [1.54, 1.807) is 23.1 Å². The standard InChI is InChI=1S/C17H17FN2O2.C6H13N.C3H6/c1-11-15(10-21)19(2)14-7-8-20(17(22)16(11)14)9-12-3-5-13(18)6-4-12;1-5-6(2)7(3)4;1-3-2/h3-6,10H,7-9H2,1-2H3;5H,1-4H3;3H,1H2,2H3/b;6-5+;. The Kier molecular flexibility index (Phi) is 10.6. The summed E-state index contributed by atoms with van der Waals surface area (Å²) in [6.45, 7) is 12.2. The second kappa shape index (κ2) is 12.6. The molecule has 1 aromatic heterocycles. The number of carbonyl (C=O) groups excluding carboxylic acids is 2. The molecule has 5 nitrogen and oxygen atoms in total. The minimum atomic E-state index is -0.287. The predicted octanol–water partition coefficient (Wildman–Crippen LogP) is 5.15. The molecule has 0 spiro atoms. The first-order valence-electron chi connectivity index (χ1n) is 10.7. The third-order valence-corrected chi connectivity index (χ3v) is 5.46. The molecule has 0 fully saturated rings. The maximum absolute atomic E-state index is 13.0. The second-order valence-electron chi connectivity index (χ2n) is 7.84. The van der Waals surface area contributed by atoms with Gasteiger partial charge in [-0.3, -0.25) is 9.59 Å². The highest BCUT2D eigenvalue weighted by Crippen LogP contribution is 2.27. The molecule has 2 heterocycles. The SMILES string of the molecule is C/C=C(\C)N(C)C.C=CC.Cc1c2c(n(C)c1C=O)CCN(Cc1ccc(F)cc1)C2=O. The quantitative estimate of drug-likeness (QED) is 0.487. The predicted molar refractivity (Wildman–Crippen MR) is 129 cm³/mol. The van der Waals surface area contributed by atoms with Gasteiger partial charge in [0, 0.05) is 52.0 Å². The number of hydrogen-bond acceptors (Lipinski definition) is 3. The Morgan fingerprint density at radius 2 is 1.78 bits per heavy atom. The first-order valence-corrected chi connectivity index (χ1v) is 10.7. The van der Waals surface area contributed by atoms with Gasteiger partial charge in [0.15, 0.2) is 6.29 Å². The topological polar surface area (TPSA) is 45.6 Å². The summed E-state index contributed by atoms with van der Waals surface area (Å²) in [4.78, 5) is 27.7. The average Bonchev–Trinajstić information content (AvgIpc) is 3.01. The van der Waals surface area contributed by atoms with Gasteiger partial charge < -0.3 is 14.4 Å². The Balaban J connectivity index is 0.000000433. The number of amides is 1. The summed E-state index contributed by atoms with van der Waals surface area (Å²) in [7, 11) is 5.89. The first-order chi connectivity index (χ1) is 15.1. The molecule has 1 aliphatic rings. The van der Waals surface area contributed by atoms with Gasteiger partial charge in [0.1, 0.15) is 5.82 Å². The second-order valence-corrected chi connectivity index (χ2v) is 7.84. The van der Waals surface area contributed by atoms with E-state index in [2.05, 4.69) is 24.5 Å². The lowest BCUT2D eigenvalue weighted by atomic mass is 10.0. The van der Waals surface area contributed by atoms with E-state index in [-0.39, 0.29) is 11.7 Å². The van der Waals surface area contributed by atoms with Crippen molar-refractivity contribution < 1.29 is 14.0 Å². The van der Waals surface area contributed by atoms with Gasteiger partial charge in [-0.05, 0) is 51.0 Å². The van der Waals surface area contributed by atoms with Crippen molar-refractivity contribution >= 4 is 12.2 Å². The van der Waals surface area contributed by atoms with Crippen LogP contribution in [0.3, 0.4) is 0 Å². The van der Waals surface area contributed by atoms with E-state index in [0.29, 0.717) is 30.8 Å². The average molecular weight is 442 g/mol. The van der Waals surface area contributed by atoms with Crippen molar-refractivity contribution in [2.24, 2.45) is 7.05 Å². The third-order valence-electron chi connectivity index (χ3n) is 5.46. The molecule has 0 N–H and O–H groups in total. The van der Waals surface area contributed by atoms with Gasteiger partial charge in [-0.2, -0.15) is 0 Å². The lowest BCUT2D eigenvalue weighted by Gasteiger charge is -2.28. The lowest BCUT2D eigenvalue weighted by molar-refractivity contribution is 0.0724. The molecular weight excluding hydrogens is 405 g/mol. The van der Waals surface area contributed by atoms with Crippen molar-refractivity contribution in [2.75, 3.05) is 20.6 Å². The zero-order valence-electron chi connectivity index (χ0n) is 20.4. The molecule has 0 radical (unpaired) electrons. The molecule has 0 saturated heterocycles. The van der Waals surface area contributed by atoms with Crippen molar-refractivity contribution in [3.05, 3.63) is 82.6 Å². The van der Waals surface area contributed by atoms with Crippen LogP contribution >= 0.6 is 0 Å². The molecule has 1 aromatic carbocycles. The minimum absolute atomic E-state index is 0.0632. The van der Waals surface area contributed by atoms with Gasteiger partial charge in [-0.25, -0.2) is 4.39 Å². The molecule has 32 heavy (non-hydrogen) atoms. The van der Waals surface area contributed by atoms with E-state index in [1.807, 2.05) is 46.5 Å². The van der Waals surface area contributed by atoms with Crippen molar-refractivity contribution in [3.8, 4) is 0 Å². The molecule has 0 saturated carbocycles. The summed E-state index contributed by atoms with van der Waals surface area (Å²) in [6.07, 6.45) is 5.35. The summed E-state index contributed by atoms with van der Waals surface area (Å²) >= 11 is 0. The Labute approximate surface area is 191 Å². The van der Waals surface area contributed by atoms with Crippen LogP contribution in [0.4, 0.5) is 4.39 Å². The Morgan fingerprint density at radius 3 is 2.22 bits per heavy atom. The molecule has 3 rings (SSSR count). The number of carbonyl (C=O) groups is 2. The van der Waals surface area contributed by atoms with Crippen LogP contribution in [-0.2, 0) is 20.0 Å². The lowest BCUT2D eigenvalue weighted by Crippen LogP contribution is -2.37. The van der Waals surface area contributed by atoms with Crippen LogP contribution in [0, 0.1) is 12.7 Å². The largest absolute Gasteiger partial charge is 0.381 e.